The predicted molar refractivity (Wildman–Crippen MR) is 102 cm³/mol. The van der Waals surface area contributed by atoms with Gasteiger partial charge in [0.2, 0.25) is 5.88 Å². The van der Waals surface area contributed by atoms with Crippen LogP contribution in [0.5, 0.6) is 5.88 Å². The Balaban J connectivity index is 1.48. The van der Waals surface area contributed by atoms with E-state index in [0.29, 0.717) is 43.1 Å². The van der Waals surface area contributed by atoms with Gasteiger partial charge in [-0.15, -0.1) is 0 Å². The predicted octanol–water partition coefficient (Wildman–Crippen LogP) is 3.35. The Kier molecular flexibility index (Phi) is 6.24. The van der Waals surface area contributed by atoms with Gasteiger partial charge < -0.3 is 10.1 Å². The Bertz CT molecular complexity index is 812. The van der Waals surface area contributed by atoms with Gasteiger partial charge >= 0.3 is 0 Å². The maximum absolute atomic E-state index is 13.9. The average molecular weight is 389 g/mol. The van der Waals surface area contributed by atoms with Gasteiger partial charge in [-0.25, -0.2) is 13.8 Å². The molecule has 2 heterocycles. The molecule has 1 fully saturated rings. The molecule has 1 aromatic carbocycles. The number of hydrogen-bond acceptors (Lipinski definition) is 4. The van der Waals surface area contributed by atoms with Gasteiger partial charge in [-0.05, 0) is 44.0 Å². The third-order valence-electron chi connectivity index (χ3n) is 4.69. The topological polar surface area (TPSA) is 54.5 Å². The molecule has 5 nitrogen and oxygen atoms in total. The maximum atomic E-state index is 13.9. The number of nitrogens with zero attached hydrogens (tertiary/aromatic N) is 2. The lowest BCUT2D eigenvalue weighted by Crippen LogP contribution is -2.42. The molecule has 1 N–H and O–H groups in total. The summed E-state index contributed by atoms with van der Waals surface area (Å²) in [5.74, 6) is -0.202. The number of carbonyl (C=O) groups is 1. The van der Waals surface area contributed by atoms with Crippen LogP contribution < -0.4 is 10.1 Å². The summed E-state index contributed by atoms with van der Waals surface area (Å²) in [5.41, 5.74) is -0.0277. The number of nitrogens with one attached hydrogen (secondary N) is 1. The molecule has 0 bridgehead atoms. The van der Waals surface area contributed by atoms with Crippen LogP contribution in [-0.2, 0) is 6.61 Å². The number of pyridine rings is 1. The Hall–Kier alpha value is -2.54. The molecule has 0 aliphatic carbocycles. The monoisotopic (exact) mass is 389 g/mol. The minimum absolute atomic E-state index is 0.106. The maximum Gasteiger partial charge on any atom is 0.253 e. The fourth-order valence-electron chi connectivity index (χ4n) is 3.30. The van der Waals surface area contributed by atoms with E-state index in [0.717, 1.165) is 0 Å². The molecule has 3 rings (SSSR count). The summed E-state index contributed by atoms with van der Waals surface area (Å²) in [7, 11) is 0. The zero-order valence-corrected chi connectivity index (χ0v) is 16.1. The third-order valence-corrected chi connectivity index (χ3v) is 4.69. The van der Waals surface area contributed by atoms with Crippen LogP contribution >= 0.6 is 0 Å². The molecular formula is C21H25F2N3O2. The van der Waals surface area contributed by atoms with Gasteiger partial charge in [0.25, 0.3) is 5.91 Å². The summed E-state index contributed by atoms with van der Waals surface area (Å²) in [5, 5.41) is 2.91. The number of aromatic nitrogens is 1. The average Bonchev–Trinajstić information content (AvgIpc) is 2.98. The van der Waals surface area contributed by atoms with Crippen LogP contribution in [0.25, 0.3) is 0 Å². The molecule has 1 amide bonds. The van der Waals surface area contributed by atoms with E-state index >= 15 is 0 Å². The highest BCUT2D eigenvalue weighted by molar-refractivity contribution is 5.94. The van der Waals surface area contributed by atoms with Crippen LogP contribution in [0.2, 0.25) is 0 Å². The Morgan fingerprint density at radius 1 is 1.39 bits per heavy atom. The molecule has 150 valence electrons. The van der Waals surface area contributed by atoms with Crippen molar-refractivity contribution in [1.29, 1.82) is 0 Å². The largest absolute Gasteiger partial charge is 0.473 e. The van der Waals surface area contributed by atoms with Crippen molar-refractivity contribution >= 4 is 5.91 Å². The zero-order valence-electron chi connectivity index (χ0n) is 16.1. The van der Waals surface area contributed by atoms with Gasteiger partial charge in [0, 0.05) is 37.9 Å². The molecule has 1 aromatic heterocycles. The van der Waals surface area contributed by atoms with Gasteiger partial charge in [-0.3, -0.25) is 9.69 Å². The van der Waals surface area contributed by atoms with Crippen molar-refractivity contribution in [3.8, 4) is 5.88 Å². The van der Waals surface area contributed by atoms with E-state index in [1.165, 1.54) is 18.3 Å². The van der Waals surface area contributed by atoms with Crippen molar-refractivity contribution in [3.05, 3.63) is 59.5 Å². The van der Waals surface area contributed by atoms with Gasteiger partial charge in [-0.1, -0.05) is 12.1 Å². The Morgan fingerprint density at radius 2 is 2.21 bits per heavy atom. The van der Waals surface area contributed by atoms with Gasteiger partial charge in [0.05, 0.1) is 5.56 Å². The third kappa shape index (κ3) is 5.73. The molecule has 7 heteroatoms. The summed E-state index contributed by atoms with van der Waals surface area (Å²) < 4.78 is 32.6. The molecular weight excluding hydrogens is 364 g/mol. The Morgan fingerprint density at radius 3 is 2.86 bits per heavy atom. The van der Waals surface area contributed by atoms with Crippen LogP contribution in [0.1, 0.15) is 36.2 Å². The number of alkyl halides is 1. The molecule has 28 heavy (non-hydrogen) atoms. The number of carbonyl (C=O) groups excluding carboxylic acids is 1. The number of benzene rings is 1. The standard InChI is InChI=1S/C21H25F2N3O2/c1-15(12-26-9-8-21(2,23)14-26)25-20(27)17-6-7-19(24-11-17)28-13-16-4-3-5-18(22)10-16/h3-7,10-11,15H,8-9,12-14H2,1-2H3,(H,25,27)/t15-,21?/m1/s1. The highest BCUT2D eigenvalue weighted by Gasteiger charge is 2.33. The lowest BCUT2D eigenvalue weighted by atomic mass is 10.1. The number of ether oxygens (including phenoxy) is 1. The first-order chi connectivity index (χ1) is 13.3. The number of likely N-dealkylation sites (tertiary alicyclic amines) is 1. The van der Waals surface area contributed by atoms with Crippen molar-refractivity contribution in [1.82, 2.24) is 15.2 Å². The molecule has 2 aromatic rings. The number of amides is 1. The van der Waals surface area contributed by atoms with Crippen molar-refractivity contribution in [2.24, 2.45) is 0 Å². The fourth-order valence-corrected chi connectivity index (χ4v) is 3.30. The number of halogens is 2. The summed E-state index contributed by atoms with van der Waals surface area (Å²) in [6, 6.07) is 9.28. The minimum Gasteiger partial charge on any atom is -0.473 e. The molecule has 1 aliphatic heterocycles. The van der Waals surface area contributed by atoms with Crippen LogP contribution in [-0.4, -0.2) is 47.1 Å². The van der Waals surface area contributed by atoms with Gasteiger partial charge in [0.15, 0.2) is 0 Å². The molecule has 2 atom stereocenters. The zero-order chi connectivity index (χ0) is 20.1. The van der Waals surface area contributed by atoms with E-state index in [4.69, 9.17) is 4.74 Å². The summed E-state index contributed by atoms with van der Waals surface area (Å²) in [4.78, 5) is 18.5. The lowest BCUT2D eigenvalue weighted by Gasteiger charge is -2.22. The molecule has 1 aliphatic rings. The molecule has 1 unspecified atom stereocenters. The lowest BCUT2D eigenvalue weighted by molar-refractivity contribution is 0.0929. The van der Waals surface area contributed by atoms with Crippen molar-refractivity contribution in [3.63, 3.8) is 0 Å². The van der Waals surface area contributed by atoms with Crippen LogP contribution in [0.15, 0.2) is 42.6 Å². The summed E-state index contributed by atoms with van der Waals surface area (Å²) >= 11 is 0. The van der Waals surface area contributed by atoms with Crippen LogP contribution in [0, 0.1) is 5.82 Å². The minimum atomic E-state index is -1.14. The molecule has 0 saturated carbocycles. The SMILES string of the molecule is C[C@H](CN1CCC(C)(F)C1)NC(=O)c1ccc(OCc2cccc(F)c2)nc1. The van der Waals surface area contributed by atoms with Crippen LogP contribution in [0.3, 0.4) is 0 Å². The highest BCUT2D eigenvalue weighted by Crippen LogP contribution is 2.24. The second-order valence-electron chi connectivity index (χ2n) is 7.58. The van der Waals surface area contributed by atoms with Crippen molar-refractivity contribution in [2.75, 3.05) is 19.6 Å². The molecule has 0 spiro atoms. The summed E-state index contributed by atoms with van der Waals surface area (Å²) in [6.45, 7) is 5.40. The summed E-state index contributed by atoms with van der Waals surface area (Å²) in [6.07, 6.45) is 1.96. The quantitative estimate of drug-likeness (QED) is 0.789. The fraction of sp³-hybridized carbons (Fsp3) is 0.429. The van der Waals surface area contributed by atoms with E-state index in [1.54, 1.807) is 31.2 Å². The van der Waals surface area contributed by atoms with E-state index in [-0.39, 0.29) is 24.4 Å². The normalized spacial score (nSPS) is 20.7. The highest BCUT2D eigenvalue weighted by atomic mass is 19.1. The molecule has 0 radical (unpaired) electrons. The number of hydrogen-bond donors (Lipinski definition) is 1. The number of rotatable bonds is 7. The smallest absolute Gasteiger partial charge is 0.253 e. The van der Waals surface area contributed by atoms with E-state index < -0.39 is 5.67 Å². The van der Waals surface area contributed by atoms with Crippen molar-refractivity contribution < 1.29 is 18.3 Å². The second kappa shape index (κ2) is 8.65. The van der Waals surface area contributed by atoms with Crippen LogP contribution in [0.4, 0.5) is 8.78 Å². The first-order valence-corrected chi connectivity index (χ1v) is 9.36. The van der Waals surface area contributed by atoms with E-state index in [2.05, 4.69) is 10.3 Å². The van der Waals surface area contributed by atoms with Crippen molar-refractivity contribution in [2.45, 2.75) is 38.6 Å². The van der Waals surface area contributed by atoms with Gasteiger partial charge in [0.1, 0.15) is 18.1 Å². The first kappa shape index (κ1) is 20.2. The molecule has 1 saturated heterocycles. The Labute approximate surface area is 163 Å². The van der Waals surface area contributed by atoms with Gasteiger partial charge in [-0.2, -0.15) is 0 Å². The van der Waals surface area contributed by atoms with E-state index in [9.17, 15) is 13.6 Å². The first-order valence-electron chi connectivity index (χ1n) is 9.36. The second-order valence-corrected chi connectivity index (χ2v) is 7.58. The van der Waals surface area contributed by atoms with E-state index in [1.807, 2.05) is 11.8 Å².